The molecule has 4 heteroatoms. The Balaban J connectivity index is 1.70. The molecule has 0 saturated heterocycles. The van der Waals surface area contributed by atoms with Crippen LogP contribution in [0.2, 0.25) is 0 Å². The molecule has 0 aliphatic heterocycles. The van der Waals surface area contributed by atoms with E-state index in [1.165, 1.54) is 17.7 Å². The van der Waals surface area contributed by atoms with Crippen LogP contribution in [0.25, 0.3) is 11.3 Å². The Labute approximate surface area is 137 Å². The van der Waals surface area contributed by atoms with Crippen LogP contribution in [0.1, 0.15) is 11.3 Å². The van der Waals surface area contributed by atoms with Crippen molar-refractivity contribution in [2.45, 2.75) is 13.5 Å². The summed E-state index contributed by atoms with van der Waals surface area (Å²) in [6.07, 6.45) is 0. The summed E-state index contributed by atoms with van der Waals surface area (Å²) in [6, 6.07) is 16.3. The van der Waals surface area contributed by atoms with Crippen molar-refractivity contribution in [2.75, 3.05) is 5.32 Å². The number of halogens is 2. The molecule has 1 heterocycles. The van der Waals surface area contributed by atoms with E-state index in [-0.39, 0.29) is 5.82 Å². The smallest absolute Gasteiger partial charge is 0.134 e. The summed E-state index contributed by atoms with van der Waals surface area (Å²) in [4.78, 5) is 0. The van der Waals surface area contributed by atoms with Crippen molar-refractivity contribution < 1.29 is 8.81 Å². The predicted octanol–water partition coefficient (Wildman–Crippen LogP) is 5.77. The average molecular weight is 360 g/mol. The first-order valence-electron chi connectivity index (χ1n) is 6.96. The van der Waals surface area contributed by atoms with Gasteiger partial charge in [-0.15, -0.1) is 0 Å². The number of hydrogen-bond donors (Lipinski definition) is 1. The van der Waals surface area contributed by atoms with Crippen LogP contribution in [0.15, 0.2) is 63.5 Å². The average Bonchev–Trinajstić information content (AvgIpc) is 2.98. The highest BCUT2D eigenvalue weighted by Crippen LogP contribution is 2.27. The normalized spacial score (nSPS) is 10.7. The SMILES string of the molecule is Cc1cc(-c2ccc(CNc3ccc(F)cc3)o2)ccc1Br. The molecule has 0 atom stereocenters. The zero-order valence-corrected chi connectivity index (χ0v) is 13.7. The fourth-order valence-electron chi connectivity index (χ4n) is 2.18. The second-order valence-electron chi connectivity index (χ2n) is 5.09. The topological polar surface area (TPSA) is 25.2 Å². The monoisotopic (exact) mass is 359 g/mol. The van der Waals surface area contributed by atoms with Gasteiger partial charge in [-0.3, -0.25) is 0 Å². The maximum atomic E-state index is 12.9. The molecule has 2 nitrogen and oxygen atoms in total. The molecule has 1 aromatic heterocycles. The first-order chi connectivity index (χ1) is 10.6. The zero-order valence-electron chi connectivity index (χ0n) is 12.1. The van der Waals surface area contributed by atoms with Crippen molar-refractivity contribution in [1.82, 2.24) is 0 Å². The van der Waals surface area contributed by atoms with Gasteiger partial charge in [0.05, 0.1) is 6.54 Å². The summed E-state index contributed by atoms with van der Waals surface area (Å²) in [5.41, 5.74) is 3.08. The molecule has 0 aliphatic carbocycles. The minimum absolute atomic E-state index is 0.239. The van der Waals surface area contributed by atoms with E-state index in [9.17, 15) is 4.39 Å². The fourth-order valence-corrected chi connectivity index (χ4v) is 2.43. The maximum Gasteiger partial charge on any atom is 0.134 e. The molecular weight excluding hydrogens is 345 g/mol. The molecule has 3 aromatic rings. The highest BCUT2D eigenvalue weighted by atomic mass is 79.9. The number of nitrogens with one attached hydrogen (secondary N) is 1. The lowest BCUT2D eigenvalue weighted by Gasteiger charge is -2.04. The molecule has 0 amide bonds. The van der Waals surface area contributed by atoms with Crippen molar-refractivity contribution in [2.24, 2.45) is 0 Å². The summed E-state index contributed by atoms with van der Waals surface area (Å²) >= 11 is 3.50. The van der Waals surface area contributed by atoms with E-state index in [0.29, 0.717) is 6.54 Å². The number of hydrogen-bond acceptors (Lipinski definition) is 2. The van der Waals surface area contributed by atoms with Crippen molar-refractivity contribution in [3.05, 3.63) is 76.2 Å². The Kier molecular flexibility index (Phi) is 4.29. The molecule has 0 bridgehead atoms. The Hall–Kier alpha value is -2.07. The molecule has 112 valence electrons. The van der Waals surface area contributed by atoms with Crippen LogP contribution in [0, 0.1) is 12.7 Å². The summed E-state index contributed by atoms with van der Waals surface area (Å²) in [7, 11) is 0. The van der Waals surface area contributed by atoms with Crippen LogP contribution in [0.3, 0.4) is 0 Å². The number of aryl methyl sites for hydroxylation is 1. The van der Waals surface area contributed by atoms with E-state index in [4.69, 9.17) is 4.42 Å². The summed E-state index contributed by atoms with van der Waals surface area (Å²) < 4.78 is 19.8. The van der Waals surface area contributed by atoms with Gasteiger partial charge in [-0.1, -0.05) is 22.0 Å². The summed E-state index contributed by atoms with van der Waals surface area (Å²) in [5, 5.41) is 3.21. The molecule has 2 aromatic carbocycles. The van der Waals surface area contributed by atoms with Crippen molar-refractivity contribution >= 4 is 21.6 Å². The van der Waals surface area contributed by atoms with Gasteiger partial charge in [-0.2, -0.15) is 0 Å². The van der Waals surface area contributed by atoms with Crippen molar-refractivity contribution in [1.29, 1.82) is 0 Å². The Bertz CT molecular complexity index is 780. The maximum absolute atomic E-state index is 12.9. The van der Waals surface area contributed by atoms with Crippen LogP contribution < -0.4 is 5.32 Å². The lowest BCUT2D eigenvalue weighted by Crippen LogP contribution is -1.97. The van der Waals surface area contributed by atoms with Gasteiger partial charge in [0.1, 0.15) is 17.3 Å². The van der Waals surface area contributed by atoms with E-state index >= 15 is 0 Å². The zero-order chi connectivity index (χ0) is 15.5. The Morgan fingerprint density at radius 3 is 2.55 bits per heavy atom. The summed E-state index contributed by atoms with van der Waals surface area (Å²) in [5.74, 6) is 1.43. The minimum atomic E-state index is -0.239. The van der Waals surface area contributed by atoms with Gasteiger partial charge < -0.3 is 9.73 Å². The Morgan fingerprint density at radius 2 is 1.82 bits per heavy atom. The van der Waals surface area contributed by atoms with Crippen LogP contribution in [0.4, 0.5) is 10.1 Å². The third-order valence-electron chi connectivity index (χ3n) is 3.42. The van der Waals surface area contributed by atoms with Crippen LogP contribution >= 0.6 is 15.9 Å². The summed E-state index contributed by atoms with van der Waals surface area (Å²) in [6.45, 7) is 2.61. The van der Waals surface area contributed by atoms with E-state index in [1.54, 1.807) is 12.1 Å². The first kappa shape index (κ1) is 14.9. The molecule has 0 fully saturated rings. The minimum Gasteiger partial charge on any atom is -0.459 e. The fraction of sp³-hybridized carbons (Fsp3) is 0.111. The second kappa shape index (κ2) is 6.36. The molecule has 0 spiro atoms. The number of anilines is 1. The predicted molar refractivity (Wildman–Crippen MR) is 90.3 cm³/mol. The highest BCUT2D eigenvalue weighted by molar-refractivity contribution is 9.10. The lowest BCUT2D eigenvalue weighted by molar-refractivity contribution is 0.531. The van der Waals surface area contributed by atoms with E-state index in [0.717, 1.165) is 27.2 Å². The van der Waals surface area contributed by atoms with Gasteiger partial charge in [0, 0.05) is 15.7 Å². The molecule has 0 radical (unpaired) electrons. The molecule has 0 aliphatic rings. The van der Waals surface area contributed by atoms with Gasteiger partial charge >= 0.3 is 0 Å². The lowest BCUT2D eigenvalue weighted by atomic mass is 10.1. The largest absolute Gasteiger partial charge is 0.459 e. The third-order valence-corrected chi connectivity index (χ3v) is 4.30. The van der Waals surface area contributed by atoms with Gasteiger partial charge in [0.25, 0.3) is 0 Å². The molecular formula is C18H15BrFNO. The highest BCUT2D eigenvalue weighted by Gasteiger charge is 2.06. The van der Waals surface area contributed by atoms with E-state index in [1.807, 2.05) is 31.2 Å². The standard InChI is InChI=1S/C18H15BrFNO/c1-12-10-13(2-8-17(12)19)18-9-7-16(22-18)11-21-15-5-3-14(20)4-6-15/h2-10,21H,11H2,1H3. The van der Waals surface area contributed by atoms with Crippen LogP contribution in [-0.2, 0) is 6.54 Å². The van der Waals surface area contributed by atoms with Crippen LogP contribution in [-0.4, -0.2) is 0 Å². The van der Waals surface area contributed by atoms with E-state index < -0.39 is 0 Å². The van der Waals surface area contributed by atoms with Crippen molar-refractivity contribution in [3.63, 3.8) is 0 Å². The first-order valence-corrected chi connectivity index (χ1v) is 7.76. The Morgan fingerprint density at radius 1 is 1.05 bits per heavy atom. The van der Waals surface area contributed by atoms with Gasteiger partial charge in [0.15, 0.2) is 0 Å². The molecule has 22 heavy (non-hydrogen) atoms. The third kappa shape index (κ3) is 3.39. The molecule has 1 N–H and O–H groups in total. The molecule has 0 saturated carbocycles. The van der Waals surface area contributed by atoms with Crippen LogP contribution in [0.5, 0.6) is 0 Å². The van der Waals surface area contributed by atoms with Gasteiger partial charge in [-0.05, 0) is 61.0 Å². The molecule has 0 unspecified atom stereocenters. The van der Waals surface area contributed by atoms with Gasteiger partial charge in [-0.25, -0.2) is 4.39 Å². The van der Waals surface area contributed by atoms with E-state index in [2.05, 4.69) is 27.3 Å². The number of benzene rings is 2. The number of rotatable bonds is 4. The second-order valence-corrected chi connectivity index (χ2v) is 5.94. The molecule has 3 rings (SSSR count). The number of furan rings is 1. The quantitative estimate of drug-likeness (QED) is 0.639. The van der Waals surface area contributed by atoms with Crippen molar-refractivity contribution in [3.8, 4) is 11.3 Å². The van der Waals surface area contributed by atoms with Gasteiger partial charge in [0.2, 0.25) is 0 Å².